The highest BCUT2D eigenvalue weighted by Crippen LogP contribution is 2.33. The van der Waals surface area contributed by atoms with E-state index < -0.39 is 5.41 Å². The van der Waals surface area contributed by atoms with Gasteiger partial charge in [-0.2, -0.15) is 0 Å². The van der Waals surface area contributed by atoms with E-state index in [0.29, 0.717) is 17.2 Å². The van der Waals surface area contributed by atoms with Crippen LogP contribution in [0.5, 0.6) is 0 Å². The second kappa shape index (κ2) is 6.39. The lowest BCUT2D eigenvalue weighted by Crippen LogP contribution is -2.44. The molecule has 1 saturated heterocycles. The van der Waals surface area contributed by atoms with Crippen LogP contribution in [0.3, 0.4) is 0 Å². The number of carbonyl (C=O) groups is 2. The number of Topliss-reactive ketones (excluding diaryl/α,β-unsaturated/α-hetero) is 1. The van der Waals surface area contributed by atoms with Gasteiger partial charge in [-0.05, 0) is 50.9 Å². The molecule has 0 radical (unpaired) electrons. The topological polar surface area (TPSA) is 58.2 Å². The molecule has 1 aliphatic heterocycles. The Morgan fingerprint density at radius 1 is 1.33 bits per heavy atom. The third-order valence-corrected chi connectivity index (χ3v) is 4.43. The molecule has 4 heteroatoms. The number of hydrogen-bond donors (Lipinski definition) is 2. The third-order valence-electron chi connectivity index (χ3n) is 4.43. The summed E-state index contributed by atoms with van der Waals surface area (Å²) in [5.41, 5.74) is 0.870. The van der Waals surface area contributed by atoms with E-state index in [-0.39, 0.29) is 11.7 Å². The lowest BCUT2D eigenvalue weighted by Gasteiger charge is -2.36. The van der Waals surface area contributed by atoms with Gasteiger partial charge in [-0.15, -0.1) is 0 Å². The molecular weight excluding hydrogens is 264 g/mol. The van der Waals surface area contributed by atoms with E-state index in [1.807, 2.05) is 19.9 Å². The van der Waals surface area contributed by atoms with E-state index in [4.69, 9.17) is 0 Å². The maximum Gasteiger partial charge on any atom is 0.230 e. The number of carbonyl (C=O) groups excluding carboxylic acids is 2. The fourth-order valence-corrected chi connectivity index (χ4v) is 2.76. The molecule has 0 saturated carbocycles. The minimum absolute atomic E-state index is 0.00170. The zero-order chi connectivity index (χ0) is 15.5. The average Bonchev–Trinajstić information content (AvgIpc) is 2.48. The molecule has 0 aliphatic carbocycles. The van der Waals surface area contributed by atoms with Crippen LogP contribution in [0.4, 0.5) is 5.69 Å². The Labute approximate surface area is 126 Å². The van der Waals surface area contributed by atoms with Gasteiger partial charge in [0.15, 0.2) is 5.78 Å². The van der Waals surface area contributed by atoms with Crippen molar-refractivity contribution in [1.82, 2.24) is 5.32 Å². The maximum atomic E-state index is 12.6. The van der Waals surface area contributed by atoms with E-state index in [9.17, 15) is 9.59 Å². The van der Waals surface area contributed by atoms with Gasteiger partial charge in [-0.1, -0.05) is 26.0 Å². The molecule has 1 heterocycles. The number of hydrogen-bond acceptors (Lipinski definition) is 3. The van der Waals surface area contributed by atoms with Crippen molar-refractivity contribution in [3.63, 3.8) is 0 Å². The van der Waals surface area contributed by atoms with Gasteiger partial charge >= 0.3 is 0 Å². The summed E-state index contributed by atoms with van der Waals surface area (Å²) in [5, 5.41) is 6.31. The number of piperidine rings is 1. The van der Waals surface area contributed by atoms with Gasteiger partial charge in [-0.25, -0.2) is 0 Å². The summed E-state index contributed by atoms with van der Waals surface area (Å²) in [4.78, 5) is 24.0. The molecular formula is C17H24N2O2. The van der Waals surface area contributed by atoms with Crippen LogP contribution in [0.25, 0.3) is 0 Å². The predicted octanol–water partition coefficient (Wildman–Crippen LogP) is 2.85. The molecule has 0 bridgehead atoms. The molecule has 2 rings (SSSR count). The van der Waals surface area contributed by atoms with E-state index in [0.717, 1.165) is 25.9 Å². The third kappa shape index (κ3) is 3.70. The summed E-state index contributed by atoms with van der Waals surface area (Å²) in [6, 6.07) is 7.10. The van der Waals surface area contributed by atoms with Crippen LogP contribution in [0, 0.1) is 11.3 Å². The van der Waals surface area contributed by atoms with Crippen molar-refractivity contribution >= 4 is 17.4 Å². The first-order chi connectivity index (χ1) is 9.91. The highest BCUT2D eigenvalue weighted by molar-refractivity contribution is 5.98. The molecule has 2 N–H and O–H groups in total. The fraction of sp³-hybridized carbons (Fsp3) is 0.529. The second-order valence-electron chi connectivity index (χ2n) is 6.36. The highest BCUT2D eigenvalue weighted by atomic mass is 16.2. The maximum absolute atomic E-state index is 12.6. The molecule has 1 amide bonds. The normalized spacial score (nSPS) is 19.1. The number of rotatable bonds is 4. The molecule has 1 aromatic carbocycles. The van der Waals surface area contributed by atoms with Gasteiger partial charge in [-0.3, -0.25) is 9.59 Å². The Balaban J connectivity index is 2.09. The number of nitrogens with one attached hydrogen (secondary N) is 2. The Morgan fingerprint density at radius 3 is 2.71 bits per heavy atom. The van der Waals surface area contributed by atoms with Crippen molar-refractivity contribution in [2.24, 2.45) is 11.3 Å². The molecule has 1 atom stereocenters. The van der Waals surface area contributed by atoms with Crippen LogP contribution in [0.15, 0.2) is 24.3 Å². The van der Waals surface area contributed by atoms with Crippen molar-refractivity contribution in [3.05, 3.63) is 29.8 Å². The zero-order valence-electron chi connectivity index (χ0n) is 13.0. The van der Waals surface area contributed by atoms with Gasteiger partial charge < -0.3 is 10.6 Å². The predicted molar refractivity (Wildman–Crippen MR) is 84.5 cm³/mol. The summed E-state index contributed by atoms with van der Waals surface area (Å²) >= 11 is 0. The minimum atomic E-state index is -0.431. The number of ketones is 1. The summed E-state index contributed by atoms with van der Waals surface area (Å²) < 4.78 is 0. The summed E-state index contributed by atoms with van der Waals surface area (Å²) in [6.45, 7) is 7.44. The minimum Gasteiger partial charge on any atom is -0.326 e. The van der Waals surface area contributed by atoms with Crippen molar-refractivity contribution in [2.75, 3.05) is 18.4 Å². The Bertz CT molecular complexity index is 531. The number of benzene rings is 1. The Kier molecular flexibility index (Phi) is 4.78. The van der Waals surface area contributed by atoms with Crippen molar-refractivity contribution < 1.29 is 9.59 Å². The van der Waals surface area contributed by atoms with Crippen LogP contribution in [0.2, 0.25) is 0 Å². The van der Waals surface area contributed by atoms with Crippen molar-refractivity contribution in [2.45, 2.75) is 33.6 Å². The van der Waals surface area contributed by atoms with E-state index in [2.05, 4.69) is 10.6 Å². The largest absolute Gasteiger partial charge is 0.326 e. The molecule has 4 nitrogen and oxygen atoms in total. The highest BCUT2D eigenvalue weighted by Gasteiger charge is 2.37. The summed E-state index contributed by atoms with van der Waals surface area (Å²) in [6.07, 6.45) is 2.18. The van der Waals surface area contributed by atoms with Crippen molar-refractivity contribution in [1.29, 1.82) is 0 Å². The Morgan fingerprint density at radius 2 is 2.10 bits per heavy atom. The molecule has 0 aromatic heterocycles. The SMILES string of the molecule is CC(=O)c1cccc(NC(=O)C(C)(C)C2CCCNC2)c1. The van der Waals surface area contributed by atoms with Crippen LogP contribution in [-0.4, -0.2) is 24.8 Å². The molecule has 21 heavy (non-hydrogen) atoms. The van der Waals surface area contributed by atoms with Crippen LogP contribution >= 0.6 is 0 Å². The molecule has 114 valence electrons. The summed E-state index contributed by atoms with van der Waals surface area (Å²) in [5.74, 6) is 0.348. The first kappa shape index (κ1) is 15.7. The van der Waals surface area contributed by atoms with Crippen LogP contribution in [-0.2, 0) is 4.79 Å². The molecule has 1 fully saturated rings. The van der Waals surface area contributed by atoms with E-state index in [1.54, 1.807) is 18.2 Å². The molecule has 0 spiro atoms. The smallest absolute Gasteiger partial charge is 0.230 e. The zero-order valence-corrected chi connectivity index (χ0v) is 13.0. The van der Waals surface area contributed by atoms with Gasteiger partial charge in [0, 0.05) is 16.7 Å². The standard InChI is InChI=1S/C17H24N2O2/c1-12(20)13-6-4-8-15(10-13)19-16(21)17(2,3)14-7-5-9-18-11-14/h4,6,8,10,14,18H,5,7,9,11H2,1-3H3,(H,19,21). The quantitative estimate of drug-likeness (QED) is 0.838. The lowest BCUT2D eigenvalue weighted by atomic mass is 9.74. The van der Waals surface area contributed by atoms with E-state index >= 15 is 0 Å². The molecule has 1 aromatic rings. The van der Waals surface area contributed by atoms with Gasteiger partial charge in [0.2, 0.25) is 5.91 Å². The van der Waals surface area contributed by atoms with E-state index in [1.165, 1.54) is 6.92 Å². The first-order valence-corrected chi connectivity index (χ1v) is 7.54. The fourth-order valence-electron chi connectivity index (χ4n) is 2.76. The second-order valence-corrected chi connectivity index (χ2v) is 6.36. The Hall–Kier alpha value is -1.68. The van der Waals surface area contributed by atoms with Gasteiger partial charge in [0.1, 0.15) is 0 Å². The molecule has 1 aliphatic rings. The van der Waals surface area contributed by atoms with Gasteiger partial charge in [0.05, 0.1) is 0 Å². The average molecular weight is 288 g/mol. The lowest BCUT2D eigenvalue weighted by molar-refractivity contribution is -0.127. The van der Waals surface area contributed by atoms with Gasteiger partial charge in [0.25, 0.3) is 0 Å². The number of anilines is 1. The summed E-state index contributed by atoms with van der Waals surface area (Å²) in [7, 11) is 0. The molecule has 1 unspecified atom stereocenters. The monoisotopic (exact) mass is 288 g/mol. The first-order valence-electron chi connectivity index (χ1n) is 7.54. The number of amides is 1. The van der Waals surface area contributed by atoms with Crippen LogP contribution in [0.1, 0.15) is 44.0 Å². The van der Waals surface area contributed by atoms with Crippen molar-refractivity contribution in [3.8, 4) is 0 Å². The van der Waals surface area contributed by atoms with Crippen LogP contribution < -0.4 is 10.6 Å².